The predicted octanol–water partition coefficient (Wildman–Crippen LogP) is 5.84. The summed E-state index contributed by atoms with van der Waals surface area (Å²) >= 11 is 0. The molecule has 1 aliphatic carbocycles. The zero-order valence-corrected chi connectivity index (χ0v) is 12.9. The first kappa shape index (κ1) is 12.7. The molecule has 21 heavy (non-hydrogen) atoms. The second-order valence-corrected chi connectivity index (χ2v) is 6.98. The fourth-order valence-electron chi connectivity index (χ4n) is 3.48. The van der Waals surface area contributed by atoms with E-state index in [1.165, 1.54) is 27.5 Å². The molecule has 1 aliphatic rings. The Labute approximate surface area is 125 Å². The molecule has 0 radical (unpaired) electrons. The lowest BCUT2D eigenvalue weighted by Gasteiger charge is -2.21. The molecule has 0 unspecified atom stereocenters. The van der Waals surface area contributed by atoms with E-state index in [0.29, 0.717) is 0 Å². The molecule has 0 amide bonds. The minimum atomic E-state index is 0.115. The van der Waals surface area contributed by atoms with Gasteiger partial charge in [-0.2, -0.15) is 0 Å². The topological polar surface area (TPSA) is 13.1 Å². The lowest BCUT2D eigenvalue weighted by Crippen LogP contribution is -2.11. The zero-order chi connectivity index (χ0) is 14.6. The molecule has 0 spiro atoms. The third kappa shape index (κ3) is 1.84. The maximum atomic E-state index is 6.13. The molecular weight excluding hydrogens is 256 g/mol. The molecule has 0 aliphatic heterocycles. The smallest absolute Gasteiger partial charge is 0.135 e. The van der Waals surface area contributed by atoms with Crippen LogP contribution < -0.4 is 0 Å². The Kier molecular flexibility index (Phi) is 2.56. The third-order valence-corrected chi connectivity index (χ3v) is 4.47. The van der Waals surface area contributed by atoms with E-state index < -0.39 is 0 Å². The Bertz CT molecular complexity index is 872. The fraction of sp³-hybridized carbons (Fsp3) is 0.300. The fourth-order valence-corrected chi connectivity index (χ4v) is 3.48. The summed E-state index contributed by atoms with van der Waals surface area (Å²) in [6.45, 7) is 6.82. The van der Waals surface area contributed by atoms with E-state index in [1.54, 1.807) is 0 Å². The lowest BCUT2D eigenvalue weighted by molar-refractivity contribution is 0.594. The van der Waals surface area contributed by atoms with Crippen LogP contribution in [0.15, 0.2) is 40.8 Å². The van der Waals surface area contributed by atoms with Crippen molar-refractivity contribution in [3.63, 3.8) is 0 Å². The average molecular weight is 276 g/mol. The van der Waals surface area contributed by atoms with Crippen molar-refractivity contribution in [2.45, 2.75) is 39.0 Å². The highest BCUT2D eigenvalue weighted by molar-refractivity contribution is 6.10. The van der Waals surface area contributed by atoms with Gasteiger partial charge in [-0.25, -0.2) is 0 Å². The standard InChI is InChI=1S/C20H20O/c1-20(2,3)15-9-6-10-16-19(15)18-14-8-5-4-7-13(14)11-12-17(18)21-16/h4,6-7,9-12H,5,8H2,1-3H3. The first-order chi connectivity index (χ1) is 10.1. The number of aryl methyl sites for hydroxylation is 1. The summed E-state index contributed by atoms with van der Waals surface area (Å²) in [7, 11) is 0. The number of hydrogen-bond donors (Lipinski definition) is 0. The zero-order valence-electron chi connectivity index (χ0n) is 12.9. The van der Waals surface area contributed by atoms with Gasteiger partial charge in [0.25, 0.3) is 0 Å². The highest BCUT2D eigenvalue weighted by Gasteiger charge is 2.22. The number of rotatable bonds is 0. The van der Waals surface area contributed by atoms with Gasteiger partial charge < -0.3 is 4.42 Å². The summed E-state index contributed by atoms with van der Waals surface area (Å²) < 4.78 is 6.13. The maximum Gasteiger partial charge on any atom is 0.135 e. The van der Waals surface area contributed by atoms with Crippen molar-refractivity contribution in [2.24, 2.45) is 0 Å². The van der Waals surface area contributed by atoms with Crippen molar-refractivity contribution < 1.29 is 4.42 Å². The van der Waals surface area contributed by atoms with Crippen LogP contribution in [-0.4, -0.2) is 0 Å². The van der Waals surface area contributed by atoms with Gasteiger partial charge in [-0.3, -0.25) is 0 Å². The van der Waals surface area contributed by atoms with Gasteiger partial charge in [0, 0.05) is 10.8 Å². The second-order valence-electron chi connectivity index (χ2n) is 6.98. The highest BCUT2D eigenvalue weighted by atomic mass is 16.3. The van der Waals surface area contributed by atoms with Gasteiger partial charge in [-0.1, -0.05) is 51.1 Å². The van der Waals surface area contributed by atoms with Crippen LogP contribution in [0.5, 0.6) is 0 Å². The van der Waals surface area contributed by atoms with E-state index in [0.717, 1.165) is 24.0 Å². The average Bonchev–Trinajstić information content (AvgIpc) is 2.84. The SMILES string of the molecule is CC(C)(C)c1cccc2oc3ccc4c(c3c12)CCC=C4. The van der Waals surface area contributed by atoms with E-state index in [2.05, 4.69) is 63.3 Å². The van der Waals surface area contributed by atoms with Crippen molar-refractivity contribution >= 4 is 28.0 Å². The molecule has 1 nitrogen and oxygen atoms in total. The van der Waals surface area contributed by atoms with Crippen LogP contribution in [0.3, 0.4) is 0 Å². The quantitative estimate of drug-likeness (QED) is 0.502. The molecule has 3 aromatic rings. The van der Waals surface area contributed by atoms with Gasteiger partial charge in [-0.15, -0.1) is 0 Å². The number of furan rings is 1. The van der Waals surface area contributed by atoms with Gasteiger partial charge >= 0.3 is 0 Å². The van der Waals surface area contributed by atoms with Gasteiger partial charge in [0.2, 0.25) is 0 Å². The molecule has 0 N–H and O–H groups in total. The Balaban J connectivity index is 2.22. The highest BCUT2D eigenvalue weighted by Crippen LogP contribution is 2.40. The van der Waals surface area contributed by atoms with Crippen LogP contribution in [0.4, 0.5) is 0 Å². The number of allylic oxidation sites excluding steroid dienone is 1. The van der Waals surface area contributed by atoms with E-state index in [4.69, 9.17) is 4.42 Å². The Morgan fingerprint density at radius 1 is 0.952 bits per heavy atom. The minimum Gasteiger partial charge on any atom is -0.456 e. The molecule has 4 rings (SSSR count). The van der Waals surface area contributed by atoms with Crippen molar-refractivity contribution in [1.29, 1.82) is 0 Å². The van der Waals surface area contributed by atoms with Crippen LogP contribution >= 0.6 is 0 Å². The molecule has 0 bridgehead atoms. The molecule has 0 fully saturated rings. The molecule has 0 saturated carbocycles. The van der Waals surface area contributed by atoms with Crippen molar-refractivity contribution in [3.8, 4) is 0 Å². The number of fused-ring (bicyclic) bond motifs is 5. The summed E-state index contributed by atoms with van der Waals surface area (Å²) in [5, 5.41) is 2.64. The summed E-state index contributed by atoms with van der Waals surface area (Å²) in [5.74, 6) is 0. The Morgan fingerprint density at radius 2 is 1.76 bits per heavy atom. The van der Waals surface area contributed by atoms with E-state index in [-0.39, 0.29) is 5.41 Å². The predicted molar refractivity (Wildman–Crippen MR) is 89.8 cm³/mol. The third-order valence-electron chi connectivity index (χ3n) is 4.47. The summed E-state index contributed by atoms with van der Waals surface area (Å²) in [5.41, 5.74) is 6.33. The van der Waals surface area contributed by atoms with Crippen molar-refractivity contribution in [2.75, 3.05) is 0 Å². The normalized spacial score (nSPS) is 14.8. The van der Waals surface area contributed by atoms with E-state index in [9.17, 15) is 0 Å². The second kappa shape index (κ2) is 4.24. The summed E-state index contributed by atoms with van der Waals surface area (Å²) in [6, 6.07) is 10.8. The van der Waals surface area contributed by atoms with Crippen LogP contribution in [0.25, 0.3) is 28.0 Å². The number of benzene rings is 2. The first-order valence-corrected chi connectivity index (χ1v) is 7.70. The van der Waals surface area contributed by atoms with Gasteiger partial charge in [0.15, 0.2) is 0 Å². The minimum absolute atomic E-state index is 0.115. The molecular formula is C20H20O. The van der Waals surface area contributed by atoms with Crippen molar-refractivity contribution in [1.82, 2.24) is 0 Å². The van der Waals surface area contributed by atoms with Crippen molar-refractivity contribution in [3.05, 3.63) is 53.1 Å². The van der Waals surface area contributed by atoms with Crippen LogP contribution in [0, 0.1) is 0 Å². The molecule has 106 valence electrons. The van der Waals surface area contributed by atoms with Crippen LogP contribution in [0.2, 0.25) is 0 Å². The molecule has 1 aromatic heterocycles. The van der Waals surface area contributed by atoms with Gasteiger partial charge in [-0.05, 0) is 47.1 Å². The molecule has 0 atom stereocenters. The van der Waals surface area contributed by atoms with E-state index in [1.807, 2.05) is 0 Å². The molecule has 1 heteroatoms. The van der Waals surface area contributed by atoms with Gasteiger partial charge in [0.1, 0.15) is 11.2 Å². The largest absolute Gasteiger partial charge is 0.456 e. The Hall–Kier alpha value is -2.02. The van der Waals surface area contributed by atoms with Crippen LogP contribution in [-0.2, 0) is 11.8 Å². The monoisotopic (exact) mass is 276 g/mol. The van der Waals surface area contributed by atoms with E-state index >= 15 is 0 Å². The first-order valence-electron chi connectivity index (χ1n) is 7.70. The Morgan fingerprint density at radius 3 is 2.57 bits per heavy atom. The lowest BCUT2D eigenvalue weighted by atomic mass is 9.82. The summed E-state index contributed by atoms with van der Waals surface area (Å²) in [4.78, 5) is 0. The maximum absolute atomic E-state index is 6.13. The van der Waals surface area contributed by atoms with Crippen LogP contribution in [0.1, 0.15) is 43.9 Å². The molecule has 1 heterocycles. The van der Waals surface area contributed by atoms with Gasteiger partial charge in [0.05, 0.1) is 0 Å². The number of hydrogen-bond acceptors (Lipinski definition) is 1. The molecule has 0 saturated heterocycles. The summed E-state index contributed by atoms with van der Waals surface area (Å²) in [6.07, 6.45) is 6.74. The molecule has 2 aromatic carbocycles.